The van der Waals surface area contributed by atoms with Crippen LogP contribution in [-0.4, -0.2) is 40.1 Å². The number of carbonyl (C=O) groups is 2. The maximum Gasteiger partial charge on any atom is 0.330 e. The Kier molecular flexibility index (Phi) is 4.17. The lowest BCUT2D eigenvalue weighted by Gasteiger charge is -1.97. The fraction of sp³-hybridized carbons (Fsp3) is 0.231. The van der Waals surface area contributed by atoms with Gasteiger partial charge in [-0.15, -0.1) is 0 Å². The number of amides is 1. The molecular weight excluding hydrogens is 276 g/mol. The van der Waals surface area contributed by atoms with Gasteiger partial charge in [0.05, 0.1) is 7.11 Å². The van der Waals surface area contributed by atoms with E-state index in [1.807, 2.05) is 0 Å². The van der Waals surface area contributed by atoms with Crippen molar-refractivity contribution in [3.05, 3.63) is 46.2 Å². The van der Waals surface area contributed by atoms with Gasteiger partial charge in [0.25, 0.3) is 11.5 Å². The quantitative estimate of drug-likeness (QED) is 0.598. The number of fused-ring (bicyclic) bond motifs is 1. The van der Waals surface area contributed by atoms with Crippen LogP contribution in [0.3, 0.4) is 0 Å². The minimum Gasteiger partial charge on any atom is -0.466 e. The summed E-state index contributed by atoms with van der Waals surface area (Å²) in [5, 5.41) is 6.59. The summed E-state index contributed by atoms with van der Waals surface area (Å²) in [5.74, 6) is -0.941. The van der Waals surface area contributed by atoms with Crippen LogP contribution < -0.4 is 10.9 Å². The van der Waals surface area contributed by atoms with E-state index >= 15 is 0 Å². The van der Waals surface area contributed by atoms with E-state index in [2.05, 4.69) is 20.1 Å². The molecule has 0 aliphatic rings. The summed E-state index contributed by atoms with van der Waals surface area (Å²) in [7, 11) is 1.27. The average Bonchev–Trinajstić information content (AvgIpc) is 2.87. The van der Waals surface area contributed by atoms with Crippen LogP contribution in [0.4, 0.5) is 0 Å². The van der Waals surface area contributed by atoms with Crippen molar-refractivity contribution in [2.75, 3.05) is 13.7 Å². The van der Waals surface area contributed by atoms with Crippen LogP contribution in [0.15, 0.2) is 29.2 Å². The maximum absolute atomic E-state index is 11.9. The number of hydrogen-bond acceptors (Lipinski definition) is 5. The molecule has 2 rings (SSSR count). The molecule has 2 aromatic heterocycles. The highest BCUT2D eigenvalue weighted by Crippen LogP contribution is 2.02. The third kappa shape index (κ3) is 3.35. The molecule has 2 heterocycles. The Labute approximate surface area is 119 Å². The molecule has 0 spiro atoms. The molecule has 8 nitrogen and oxygen atoms in total. The van der Waals surface area contributed by atoms with Gasteiger partial charge < -0.3 is 15.0 Å². The molecule has 0 aliphatic heterocycles. The summed E-state index contributed by atoms with van der Waals surface area (Å²) in [5.41, 5.74) is 0.740. The number of carbonyl (C=O) groups excluding carboxylic acids is 2. The normalized spacial score (nSPS) is 11.0. The number of rotatable bonds is 4. The summed E-state index contributed by atoms with van der Waals surface area (Å²) in [6, 6.07) is 1.40. The molecule has 0 saturated heterocycles. The highest BCUT2D eigenvalue weighted by Gasteiger charge is 2.12. The minimum absolute atomic E-state index is 0.123. The summed E-state index contributed by atoms with van der Waals surface area (Å²) in [6.45, 7) is 1.87. The summed E-state index contributed by atoms with van der Waals surface area (Å²) >= 11 is 0. The molecule has 8 heteroatoms. The highest BCUT2D eigenvalue weighted by atomic mass is 16.5. The smallest absolute Gasteiger partial charge is 0.330 e. The van der Waals surface area contributed by atoms with Gasteiger partial charge in [-0.25, -0.2) is 9.31 Å². The van der Waals surface area contributed by atoms with E-state index in [4.69, 9.17) is 0 Å². The van der Waals surface area contributed by atoms with Gasteiger partial charge in [0.15, 0.2) is 5.69 Å². The van der Waals surface area contributed by atoms with Crippen molar-refractivity contribution in [3.8, 4) is 0 Å². The Balaban J connectivity index is 2.10. The Morgan fingerprint density at radius 3 is 3.00 bits per heavy atom. The fourth-order valence-electron chi connectivity index (χ4n) is 1.70. The average molecular weight is 290 g/mol. The van der Waals surface area contributed by atoms with Crippen molar-refractivity contribution in [1.29, 1.82) is 0 Å². The first-order valence-electron chi connectivity index (χ1n) is 6.13. The Morgan fingerprint density at radius 2 is 2.29 bits per heavy atom. The molecule has 0 bridgehead atoms. The molecule has 110 valence electrons. The van der Waals surface area contributed by atoms with Crippen LogP contribution in [0.5, 0.6) is 0 Å². The van der Waals surface area contributed by atoms with E-state index in [0.29, 0.717) is 5.69 Å². The summed E-state index contributed by atoms with van der Waals surface area (Å²) in [4.78, 5) is 37.0. The topological polar surface area (TPSA) is 106 Å². The number of methoxy groups -OCH3 is 1. The van der Waals surface area contributed by atoms with Crippen LogP contribution in [0.1, 0.15) is 16.2 Å². The van der Waals surface area contributed by atoms with Gasteiger partial charge in [0.1, 0.15) is 5.52 Å². The van der Waals surface area contributed by atoms with Gasteiger partial charge in [-0.05, 0) is 6.92 Å². The zero-order valence-corrected chi connectivity index (χ0v) is 11.5. The third-order valence-corrected chi connectivity index (χ3v) is 2.66. The number of aryl methyl sites for hydroxylation is 1. The number of nitrogens with zero attached hydrogens (tertiary/aromatic N) is 2. The number of nitrogens with one attached hydrogen (secondary N) is 2. The largest absolute Gasteiger partial charge is 0.466 e. The van der Waals surface area contributed by atoms with Crippen LogP contribution in [-0.2, 0) is 9.53 Å². The molecule has 0 unspecified atom stereocenters. The zero-order valence-electron chi connectivity index (χ0n) is 11.5. The number of aromatic amines is 1. The van der Waals surface area contributed by atoms with Crippen molar-refractivity contribution < 1.29 is 14.3 Å². The number of H-pyrrole nitrogens is 1. The minimum atomic E-state index is -0.501. The van der Waals surface area contributed by atoms with Gasteiger partial charge in [0, 0.05) is 30.6 Å². The second-order valence-electron chi connectivity index (χ2n) is 4.26. The van der Waals surface area contributed by atoms with Crippen molar-refractivity contribution in [2.24, 2.45) is 0 Å². The van der Waals surface area contributed by atoms with Crippen molar-refractivity contribution in [3.63, 3.8) is 0 Å². The predicted octanol–water partition coefficient (Wildman–Crippen LogP) is -0.210. The molecule has 2 N–H and O–H groups in total. The molecule has 1 amide bonds. The van der Waals surface area contributed by atoms with E-state index in [1.54, 1.807) is 13.1 Å². The first-order valence-corrected chi connectivity index (χ1v) is 6.13. The number of aromatic nitrogens is 3. The second-order valence-corrected chi connectivity index (χ2v) is 4.26. The molecule has 2 aromatic rings. The molecule has 0 aliphatic carbocycles. The third-order valence-electron chi connectivity index (χ3n) is 2.66. The molecule has 21 heavy (non-hydrogen) atoms. The monoisotopic (exact) mass is 290 g/mol. The SMILES string of the molecule is COC(=O)/C=C/CNC(=O)c1cc2c(=O)[nH]c(C)cn2n1. The van der Waals surface area contributed by atoms with Crippen molar-refractivity contribution in [1.82, 2.24) is 19.9 Å². The number of hydrogen-bond donors (Lipinski definition) is 2. The second kappa shape index (κ2) is 6.04. The van der Waals surface area contributed by atoms with Gasteiger partial charge in [-0.1, -0.05) is 6.08 Å². The van der Waals surface area contributed by atoms with Crippen LogP contribution in [0.25, 0.3) is 5.52 Å². The van der Waals surface area contributed by atoms with Crippen molar-refractivity contribution in [2.45, 2.75) is 6.92 Å². The van der Waals surface area contributed by atoms with E-state index < -0.39 is 11.9 Å². The van der Waals surface area contributed by atoms with Crippen LogP contribution in [0.2, 0.25) is 0 Å². The first-order chi connectivity index (χ1) is 10.0. The standard InChI is InChI=1S/C13H14N4O4/c1-8-7-17-10(13(20)15-8)6-9(16-17)12(19)14-5-3-4-11(18)21-2/h3-4,6-7H,5H2,1-2H3,(H,14,19)(H,15,20)/b4-3+. The van der Waals surface area contributed by atoms with E-state index in [0.717, 1.165) is 0 Å². The fourth-order valence-corrected chi connectivity index (χ4v) is 1.70. The lowest BCUT2D eigenvalue weighted by Crippen LogP contribution is -2.23. The molecular formula is C13H14N4O4. The molecule has 0 aromatic carbocycles. The number of esters is 1. The lowest BCUT2D eigenvalue weighted by molar-refractivity contribution is -0.134. The van der Waals surface area contributed by atoms with Gasteiger partial charge in [0.2, 0.25) is 0 Å². The summed E-state index contributed by atoms with van der Waals surface area (Å²) in [6.07, 6.45) is 4.28. The lowest BCUT2D eigenvalue weighted by atomic mass is 10.3. The zero-order chi connectivity index (χ0) is 15.4. The van der Waals surface area contributed by atoms with Gasteiger partial charge >= 0.3 is 5.97 Å². The molecule has 0 fully saturated rings. The van der Waals surface area contributed by atoms with E-state index in [9.17, 15) is 14.4 Å². The van der Waals surface area contributed by atoms with Crippen molar-refractivity contribution >= 4 is 17.4 Å². The number of ether oxygens (including phenoxy) is 1. The Morgan fingerprint density at radius 1 is 1.52 bits per heavy atom. The van der Waals surface area contributed by atoms with Crippen LogP contribution in [0, 0.1) is 6.92 Å². The maximum atomic E-state index is 11.9. The predicted molar refractivity (Wildman–Crippen MR) is 74.0 cm³/mol. The molecule has 0 radical (unpaired) electrons. The molecule has 0 atom stereocenters. The van der Waals surface area contributed by atoms with E-state index in [1.165, 1.54) is 29.8 Å². The van der Waals surface area contributed by atoms with Gasteiger partial charge in [-0.3, -0.25) is 9.59 Å². The first kappa shape index (κ1) is 14.5. The highest BCUT2D eigenvalue weighted by molar-refractivity contribution is 5.93. The van der Waals surface area contributed by atoms with E-state index in [-0.39, 0.29) is 23.3 Å². The Hall–Kier alpha value is -2.90. The van der Waals surface area contributed by atoms with Gasteiger partial charge in [-0.2, -0.15) is 5.10 Å². The summed E-state index contributed by atoms with van der Waals surface area (Å²) < 4.78 is 5.77. The molecule has 0 saturated carbocycles. The van der Waals surface area contributed by atoms with Crippen LogP contribution >= 0.6 is 0 Å². The Bertz CT molecular complexity index is 772.